The second-order valence-electron chi connectivity index (χ2n) is 5.88. The maximum absolute atomic E-state index is 5.68. The van der Waals surface area contributed by atoms with Crippen LogP contribution in [0.2, 0.25) is 0 Å². The molecule has 0 bridgehead atoms. The van der Waals surface area contributed by atoms with Gasteiger partial charge in [-0.15, -0.1) is 0 Å². The Morgan fingerprint density at radius 3 is 2.33 bits per heavy atom. The summed E-state index contributed by atoms with van der Waals surface area (Å²) in [6, 6.07) is 0.805. The van der Waals surface area contributed by atoms with Crippen LogP contribution in [0.1, 0.15) is 77.6 Å². The van der Waals surface area contributed by atoms with Crippen molar-refractivity contribution in [3.63, 3.8) is 0 Å². The van der Waals surface area contributed by atoms with Gasteiger partial charge in [0.2, 0.25) is 0 Å². The van der Waals surface area contributed by atoms with E-state index in [4.69, 9.17) is 5.73 Å². The van der Waals surface area contributed by atoms with Gasteiger partial charge in [-0.05, 0) is 45.3 Å². The largest absolute Gasteiger partial charge is 0.330 e. The van der Waals surface area contributed by atoms with Gasteiger partial charge in [0, 0.05) is 6.04 Å². The lowest BCUT2D eigenvalue weighted by Gasteiger charge is -2.23. The van der Waals surface area contributed by atoms with Crippen LogP contribution < -0.4 is 5.73 Å². The summed E-state index contributed by atoms with van der Waals surface area (Å²) in [5, 5.41) is 0. The van der Waals surface area contributed by atoms with Gasteiger partial charge in [0.25, 0.3) is 0 Å². The molecule has 2 N–H and O–H groups in total. The molecule has 2 heteroatoms. The second-order valence-corrected chi connectivity index (χ2v) is 5.88. The first-order chi connectivity index (χ1) is 8.88. The minimum absolute atomic E-state index is 0.805. The number of rotatable bonds is 11. The molecule has 1 fully saturated rings. The van der Waals surface area contributed by atoms with E-state index in [-0.39, 0.29) is 0 Å². The van der Waals surface area contributed by atoms with Crippen molar-refractivity contribution in [1.82, 2.24) is 4.90 Å². The highest BCUT2D eigenvalue weighted by Crippen LogP contribution is 2.20. The van der Waals surface area contributed by atoms with E-state index in [1.165, 1.54) is 83.7 Å². The van der Waals surface area contributed by atoms with Crippen LogP contribution in [0.3, 0.4) is 0 Å². The molecule has 1 aliphatic rings. The van der Waals surface area contributed by atoms with Gasteiger partial charge in [0.15, 0.2) is 0 Å². The average molecular weight is 254 g/mol. The fourth-order valence-corrected chi connectivity index (χ4v) is 3.16. The predicted octanol–water partition coefficient (Wildman–Crippen LogP) is 3.94. The van der Waals surface area contributed by atoms with E-state index >= 15 is 0 Å². The first-order valence-electron chi connectivity index (χ1n) is 8.32. The molecule has 1 unspecified atom stereocenters. The fourth-order valence-electron chi connectivity index (χ4n) is 3.16. The molecule has 108 valence electrons. The first kappa shape index (κ1) is 16.0. The van der Waals surface area contributed by atoms with Crippen molar-refractivity contribution < 1.29 is 0 Å². The molecule has 0 spiro atoms. The van der Waals surface area contributed by atoms with Gasteiger partial charge in [0.05, 0.1) is 0 Å². The first-order valence-corrected chi connectivity index (χ1v) is 8.32. The van der Waals surface area contributed by atoms with Gasteiger partial charge < -0.3 is 10.6 Å². The highest BCUT2D eigenvalue weighted by atomic mass is 15.2. The SMILES string of the molecule is CCCCCCCCCCN1CCCC1CCN. The number of nitrogens with zero attached hydrogens (tertiary/aromatic N) is 1. The molecule has 0 aromatic carbocycles. The van der Waals surface area contributed by atoms with Gasteiger partial charge in [-0.3, -0.25) is 0 Å². The van der Waals surface area contributed by atoms with E-state index in [9.17, 15) is 0 Å². The molecular formula is C16H34N2. The summed E-state index contributed by atoms with van der Waals surface area (Å²) in [5.41, 5.74) is 5.68. The van der Waals surface area contributed by atoms with Crippen molar-refractivity contribution in [2.45, 2.75) is 83.6 Å². The van der Waals surface area contributed by atoms with Gasteiger partial charge >= 0.3 is 0 Å². The Kier molecular flexibility index (Phi) is 9.59. The fraction of sp³-hybridized carbons (Fsp3) is 1.00. The zero-order valence-corrected chi connectivity index (χ0v) is 12.5. The lowest BCUT2D eigenvalue weighted by Crippen LogP contribution is -2.32. The molecule has 18 heavy (non-hydrogen) atoms. The highest BCUT2D eigenvalue weighted by molar-refractivity contribution is 4.79. The van der Waals surface area contributed by atoms with E-state index in [0.717, 1.165) is 12.6 Å². The van der Waals surface area contributed by atoms with E-state index in [1.807, 2.05) is 0 Å². The van der Waals surface area contributed by atoms with Crippen molar-refractivity contribution in [3.8, 4) is 0 Å². The molecule has 1 rings (SSSR count). The molecular weight excluding hydrogens is 220 g/mol. The van der Waals surface area contributed by atoms with Crippen LogP contribution in [0.25, 0.3) is 0 Å². The molecule has 0 radical (unpaired) electrons. The molecule has 0 aliphatic carbocycles. The van der Waals surface area contributed by atoms with Gasteiger partial charge in [-0.25, -0.2) is 0 Å². The summed E-state index contributed by atoms with van der Waals surface area (Å²) in [4.78, 5) is 2.68. The summed E-state index contributed by atoms with van der Waals surface area (Å²) in [5.74, 6) is 0. The number of likely N-dealkylation sites (tertiary alicyclic amines) is 1. The van der Waals surface area contributed by atoms with E-state index in [1.54, 1.807) is 0 Å². The van der Waals surface area contributed by atoms with E-state index < -0.39 is 0 Å². The van der Waals surface area contributed by atoms with Crippen LogP contribution in [0.4, 0.5) is 0 Å². The molecule has 1 atom stereocenters. The third-order valence-corrected chi connectivity index (χ3v) is 4.30. The Bertz CT molecular complexity index is 182. The second kappa shape index (κ2) is 10.8. The summed E-state index contributed by atoms with van der Waals surface area (Å²) in [7, 11) is 0. The van der Waals surface area contributed by atoms with Crippen LogP contribution in [0.15, 0.2) is 0 Å². The number of hydrogen-bond donors (Lipinski definition) is 1. The normalized spacial score (nSPS) is 20.7. The topological polar surface area (TPSA) is 29.3 Å². The summed E-state index contributed by atoms with van der Waals surface area (Å²) < 4.78 is 0. The number of hydrogen-bond acceptors (Lipinski definition) is 2. The quantitative estimate of drug-likeness (QED) is 0.566. The smallest absolute Gasteiger partial charge is 0.0108 e. The molecule has 1 heterocycles. The lowest BCUT2D eigenvalue weighted by atomic mass is 10.1. The molecule has 1 saturated heterocycles. The average Bonchev–Trinajstić information content (AvgIpc) is 2.81. The van der Waals surface area contributed by atoms with Gasteiger partial charge in [-0.1, -0.05) is 51.9 Å². The maximum Gasteiger partial charge on any atom is 0.0108 e. The lowest BCUT2D eigenvalue weighted by molar-refractivity contribution is 0.239. The molecule has 0 aromatic heterocycles. The molecule has 1 aliphatic heterocycles. The van der Waals surface area contributed by atoms with E-state index in [2.05, 4.69) is 11.8 Å². The van der Waals surface area contributed by atoms with Crippen molar-refractivity contribution in [1.29, 1.82) is 0 Å². The Morgan fingerprint density at radius 1 is 1.00 bits per heavy atom. The highest BCUT2D eigenvalue weighted by Gasteiger charge is 2.22. The van der Waals surface area contributed by atoms with Gasteiger partial charge in [0.1, 0.15) is 0 Å². The molecule has 2 nitrogen and oxygen atoms in total. The molecule has 0 saturated carbocycles. The van der Waals surface area contributed by atoms with Crippen LogP contribution in [0.5, 0.6) is 0 Å². The Hall–Kier alpha value is -0.0800. The third-order valence-electron chi connectivity index (χ3n) is 4.30. The van der Waals surface area contributed by atoms with Crippen molar-refractivity contribution in [2.75, 3.05) is 19.6 Å². The van der Waals surface area contributed by atoms with Crippen LogP contribution in [-0.4, -0.2) is 30.6 Å². The predicted molar refractivity (Wildman–Crippen MR) is 80.9 cm³/mol. The van der Waals surface area contributed by atoms with E-state index in [0.29, 0.717) is 0 Å². The Balaban J connectivity index is 1.91. The zero-order valence-electron chi connectivity index (χ0n) is 12.5. The Labute approximate surface area is 114 Å². The third kappa shape index (κ3) is 6.75. The minimum Gasteiger partial charge on any atom is -0.330 e. The number of nitrogens with two attached hydrogens (primary N) is 1. The summed E-state index contributed by atoms with van der Waals surface area (Å²) in [6.45, 7) is 5.78. The summed E-state index contributed by atoms with van der Waals surface area (Å²) in [6.07, 6.45) is 15.4. The minimum atomic E-state index is 0.805. The van der Waals surface area contributed by atoms with Crippen molar-refractivity contribution in [2.24, 2.45) is 5.73 Å². The van der Waals surface area contributed by atoms with Gasteiger partial charge in [-0.2, -0.15) is 0 Å². The van der Waals surface area contributed by atoms with Crippen LogP contribution >= 0.6 is 0 Å². The standard InChI is InChI=1S/C16H34N2/c1-2-3-4-5-6-7-8-9-14-18-15-10-11-16(18)12-13-17/h16H,2-15,17H2,1H3. The number of unbranched alkanes of at least 4 members (excludes halogenated alkanes) is 7. The summed E-state index contributed by atoms with van der Waals surface area (Å²) >= 11 is 0. The van der Waals surface area contributed by atoms with Crippen molar-refractivity contribution in [3.05, 3.63) is 0 Å². The molecule has 0 amide bonds. The van der Waals surface area contributed by atoms with Crippen molar-refractivity contribution >= 4 is 0 Å². The monoisotopic (exact) mass is 254 g/mol. The van der Waals surface area contributed by atoms with Crippen LogP contribution in [-0.2, 0) is 0 Å². The molecule has 0 aromatic rings. The Morgan fingerprint density at radius 2 is 1.67 bits per heavy atom. The van der Waals surface area contributed by atoms with Crippen LogP contribution in [0, 0.1) is 0 Å². The maximum atomic E-state index is 5.68. The zero-order chi connectivity index (χ0) is 13.1.